The second-order valence-electron chi connectivity index (χ2n) is 6.01. The van der Waals surface area contributed by atoms with E-state index in [1.807, 2.05) is 0 Å². The van der Waals surface area contributed by atoms with Crippen molar-refractivity contribution in [3.63, 3.8) is 0 Å². The summed E-state index contributed by atoms with van der Waals surface area (Å²) in [7, 11) is 0. The molecule has 0 bridgehead atoms. The molecular formula is C20H26N2OS. The summed E-state index contributed by atoms with van der Waals surface area (Å²) in [5.74, 6) is 0.826. The van der Waals surface area contributed by atoms with Crippen LogP contribution in [0.25, 0.3) is 0 Å². The summed E-state index contributed by atoms with van der Waals surface area (Å²) < 4.78 is 0. The number of carbonyl (C=O) groups is 1. The molecule has 0 N–H and O–H groups in total. The van der Waals surface area contributed by atoms with E-state index in [1.54, 1.807) is 24.0 Å². The first kappa shape index (κ1) is 18.7. The smallest absolute Gasteiger partial charge is 0.188 e. The van der Waals surface area contributed by atoms with E-state index in [2.05, 4.69) is 41.2 Å². The second kappa shape index (κ2) is 11.0. The van der Waals surface area contributed by atoms with Crippen LogP contribution in [0.15, 0.2) is 41.7 Å². The molecule has 0 saturated carbocycles. The molecule has 0 aliphatic carbocycles. The molecule has 1 heterocycles. The van der Waals surface area contributed by atoms with Crippen LogP contribution in [0, 0.1) is 0 Å². The number of hydrogen-bond acceptors (Lipinski definition) is 4. The molecule has 3 nitrogen and oxygen atoms in total. The van der Waals surface area contributed by atoms with E-state index in [4.69, 9.17) is 0 Å². The van der Waals surface area contributed by atoms with Crippen LogP contribution in [-0.4, -0.2) is 16.3 Å². The molecule has 0 fully saturated rings. The molecule has 0 atom stereocenters. The lowest BCUT2D eigenvalue weighted by Crippen LogP contribution is -1.93. The van der Waals surface area contributed by atoms with Gasteiger partial charge < -0.3 is 0 Å². The normalized spacial score (nSPS) is 10.7. The number of unbranched alkanes of at least 4 members (excludes halogenated alkanes) is 5. The highest BCUT2D eigenvalue weighted by atomic mass is 32.2. The Balaban J connectivity index is 1.78. The zero-order valence-corrected chi connectivity index (χ0v) is 15.2. The fourth-order valence-electron chi connectivity index (χ4n) is 2.62. The monoisotopic (exact) mass is 342 g/mol. The third-order valence-corrected chi connectivity index (χ3v) is 4.89. The Morgan fingerprint density at radius 1 is 1.04 bits per heavy atom. The van der Waals surface area contributed by atoms with Crippen molar-refractivity contribution in [3.05, 3.63) is 53.3 Å². The van der Waals surface area contributed by atoms with Crippen LogP contribution >= 0.6 is 11.8 Å². The van der Waals surface area contributed by atoms with Gasteiger partial charge in [-0.1, -0.05) is 75.1 Å². The number of thioether (sulfide) groups is 1. The number of nitrogens with zero attached hydrogens (tertiary/aromatic N) is 2. The molecule has 0 aliphatic rings. The maximum atomic E-state index is 10.8. The van der Waals surface area contributed by atoms with Crippen molar-refractivity contribution in [2.75, 3.05) is 0 Å². The molecule has 0 saturated heterocycles. The highest BCUT2D eigenvalue weighted by Crippen LogP contribution is 2.20. The first-order valence-electron chi connectivity index (χ1n) is 8.80. The Kier molecular flexibility index (Phi) is 8.53. The van der Waals surface area contributed by atoms with E-state index in [0.29, 0.717) is 10.9 Å². The predicted octanol–water partition coefficient (Wildman–Crippen LogP) is 5.48. The van der Waals surface area contributed by atoms with Gasteiger partial charge in [0, 0.05) is 11.9 Å². The second-order valence-corrected chi connectivity index (χ2v) is 6.95. The van der Waals surface area contributed by atoms with Gasteiger partial charge in [0.1, 0.15) is 5.69 Å². The molecule has 1 aromatic heterocycles. The van der Waals surface area contributed by atoms with Gasteiger partial charge in [0.2, 0.25) is 0 Å². The van der Waals surface area contributed by atoms with Crippen LogP contribution in [-0.2, 0) is 12.2 Å². The lowest BCUT2D eigenvalue weighted by Gasteiger charge is -2.06. The molecule has 0 spiro atoms. The highest BCUT2D eigenvalue weighted by molar-refractivity contribution is 7.98. The molecule has 2 aromatic rings. The zero-order chi connectivity index (χ0) is 17.0. The molecule has 1 aromatic carbocycles. The van der Waals surface area contributed by atoms with Crippen molar-refractivity contribution in [2.24, 2.45) is 0 Å². The summed E-state index contributed by atoms with van der Waals surface area (Å²) in [6.07, 6.45) is 11.5. The van der Waals surface area contributed by atoms with Crippen molar-refractivity contribution in [2.45, 2.75) is 62.8 Å². The summed E-state index contributed by atoms with van der Waals surface area (Å²) in [5.41, 5.74) is 3.12. The molecular weight excluding hydrogens is 316 g/mol. The third-order valence-electron chi connectivity index (χ3n) is 3.95. The van der Waals surface area contributed by atoms with Gasteiger partial charge >= 0.3 is 0 Å². The highest BCUT2D eigenvalue weighted by Gasteiger charge is 2.02. The average molecular weight is 343 g/mol. The summed E-state index contributed by atoms with van der Waals surface area (Å²) >= 11 is 1.57. The van der Waals surface area contributed by atoms with Gasteiger partial charge in [-0.25, -0.2) is 9.97 Å². The minimum atomic E-state index is 0.435. The Morgan fingerprint density at radius 3 is 2.67 bits per heavy atom. The van der Waals surface area contributed by atoms with Gasteiger partial charge in [-0.15, -0.1) is 0 Å². The van der Waals surface area contributed by atoms with Crippen molar-refractivity contribution in [3.8, 4) is 0 Å². The van der Waals surface area contributed by atoms with E-state index in [1.165, 1.54) is 49.7 Å². The molecule has 128 valence electrons. The maximum Gasteiger partial charge on any atom is 0.188 e. The van der Waals surface area contributed by atoms with E-state index < -0.39 is 0 Å². The number of aromatic nitrogens is 2. The topological polar surface area (TPSA) is 42.9 Å². The van der Waals surface area contributed by atoms with Crippen molar-refractivity contribution in [1.82, 2.24) is 9.97 Å². The molecule has 0 amide bonds. The number of benzene rings is 1. The molecule has 0 unspecified atom stereocenters. The SMILES string of the molecule is CCCCCCCCc1cccc(CSc2nccc(C=O)n2)c1. The first-order valence-corrected chi connectivity index (χ1v) is 9.79. The van der Waals surface area contributed by atoms with E-state index >= 15 is 0 Å². The van der Waals surface area contributed by atoms with Crippen LogP contribution < -0.4 is 0 Å². The van der Waals surface area contributed by atoms with Gasteiger partial charge in [-0.2, -0.15) is 0 Å². The Bertz CT molecular complexity index is 631. The van der Waals surface area contributed by atoms with Crippen LogP contribution in [0.2, 0.25) is 0 Å². The zero-order valence-electron chi connectivity index (χ0n) is 14.4. The fraction of sp³-hybridized carbons (Fsp3) is 0.450. The minimum Gasteiger partial charge on any atom is -0.296 e. The largest absolute Gasteiger partial charge is 0.296 e. The number of hydrogen-bond donors (Lipinski definition) is 0. The Labute approximate surface area is 149 Å². The van der Waals surface area contributed by atoms with Crippen molar-refractivity contribution < 1.29 is 4.79 Å². The Hall–Kier alpha value is -1.68. The molecule has 24 heavy (non-hydrogen) atoms. The number of carbonyl (C=O) groups excluding carboxylic acids is 1. The number of rotatable bonds is 11. The number of aryl methyl sites for hydroxylation is 1. The van der Waals surface area contributed by atoms with E-state index in [-0.39, 0.29) is 0 Å². The van der Waals surface area contributed by atoms with Crippen molar-refractivity contribution in [1.29, 1.82) is 0 Å². The van der Waals surface area contributed by atoms with E-state index in [9.17, 15) is 4.79 Å². The molecule has 0 radical (unpaired) electrons. The molecule has 2 rings (SSSR count). The summed E-state index contributed by atoms with van der Waals surface area (Å²) in [4.78, 5) is 19.2. The van der Waals surface area contributed by atoms with Gasteiger partial charge in [-0.3, -0.25) is 4.79 Å². The van der Waals surface area contributed by atoms with Crippen molar-refractivity contribution >= 4 is 18.0 Å². The first-order chi connectivity index (χ1) is 11.8. The lowest BCUT2D eigenvalue weighted by atomic mass is 10.0. The molecule has 0 aliphatic heterocycles. The van der Waals surface area contributed by atoms with Gasteiger partial charge in [-0.05, 0) is 30.0 Å². The fourth-order valence-corrected chi connectivity index (χ4v) is 3.40. The van der Waals surface area contributed by atoms with Gasteiger partial charge in [0.15, 0.2) is 11.4 Å². The minimum absolute atomic E-state index is 0.435. The summed E-state index contributed by atoms with van der Waals surface area (Å²) in [6.45, 7) is 2.25. The van der Waals surface area contributed by atoms with Gasteiger partial charge in [0.05, 0.1) is 0 Å². The van der Waals surface area contributed by atoms with Crippen LogP contribution in [0.4, 0.5) is 0 Å². The number of aldehydes is 1. The maximum absolute atomic E-state index is 10.8. The van der Waals surface area contributed by atoms with Gasteiger partial charge in [0.25, 0.3) is 0 Å². The third kappa shape index (κ3) is 6.83. The summed E-state index contributed by atoms with van der Waals surface area (Å²) in [6, 6.07) is 10.4. The quantitative estimate of drug-likeness (QED) is 0.234. The van der Waals surface area contributed by atoms with E-state index in [0.717, 1.165) is 18.5 Å². The standard InChI is InChI=1S/C20H26N2OS/c1-2-3-4-5-6-7-9-17-10-8-11-18(14-17)16-24-20-21-13-12-19(15-23)22-20/h8,10-15H,2-7,9,16H2,1H3. The van der Waals surface area contributed by atoms with Crippen LogP contribution in [0.3, 0.4) is 0 Å². The lowest BCUT2D eigenvalue weighted by molar-refractivity contribution is 0.111. The van der Waals surface area contributed by atoms with Crippen LogP contribution in [0.5, 0.6) is 0 Å². The Morgan fingerprint density at radius 2 is 1.83 bits per heavy atom. The van der Waals surface area contributed by atoms with Crippen LogP contribution in [0.1, 0.15) is 67.1 Å². The summed E-state index contributed by atoms with van der Waals surface area (Å²) in [5, 5.41) is 0.654. The predicted molar refractivity (Wildman–Crippen MR) is 101 cm³/mol. The average Bonchev–Trinajstić information content (AvgIpc) is 2.63. The molecule has 4 heteroatoms.